The zero-order valence-electron chi connectivity index (χ0n) is 15.9. The number of amides is 2. The molecule has 0 radical (unpaired) electrons. The van der Waals surface area contributed by atoms with Gasteiger partial charge in [0.2, 0.25) is 5.91 Å². The predicted octanol–water partition coefficient (Wildman–Crippen LogP) is 1.45. The van der Waals surface area contributed by atoms with Gasteiger partial charge in [0.15, 0.2) is 11.5 Å². The first-order chi connectivity index (χ1) is 13.0. The zero-order chi connectivity index (χ0) is 19.8. The van der Waals surface area contributed by atoms with Crippen molar-refractivity contribution in [3.05, 3.63) is 47.9 Å². The fraction of sp³-hybridized carbons (Fsp3) is 0.368. The van der Waals surface area contributed by atoms with Crippen molar-refractivity contribution in [3.63, 3.8) is 0 Å². The molecule has 0 saturated carbocycles. The highest BCUT2D eigenvalue weighted by Gasteiger charge is 2.18. The van der Waals surface area contributed by atoms with E-state index in [1.807, 2.05) is 25.1 Å². The Bertz CT molecular complexity index is 759. The van der Waals surface area contributed by atoms with Gasteiger partial charge in [-0.1, -0.05) is 0 Å². The maximum Gasteiger partial charge on any atom is 0.251 e. The number of ether oxygens (including phenoxy) is 2. The number of nitrogens with one attached hydrogen (secondary N) is 2. The van der Waals surface area contributed by atoms with Crippen LogP contribution in [0.3, 0.4) is 0 Å². The second-order valence-corrected chi connectivity index (χ2v) is 6.05. The van der Waals surface area contributed by atoms with Gasteiger partial charge in [0.1, 0.15) is 5.76 Å². The molecule has 8 heteroatoms. The number of hydrogen-bond donors (Lipinski definition) is 2. The number of hydrogen-bond acceptors (Lipinski definition) is 6. The second-order valence-electron chi connectivity index (χ2n) is 6.05. The molecule has 0 saturated heterocycles. The van der Waals surface area contributed by atoms with Crippen molar-refractivity contribution in [2.75, 3.05) is 41.4 Å². The molecule has 146 valence electrons. The molecule has 8 nitrogen and oxygen atoms in total. The highest BCUT2D eigenvalue weighted by atomic mass is 16.5. The lowest BCUT2D eigenvalue weighted by Gasteiger charge is -2.22. The highest BCUT2D eigenvalue weighted by Crippen LogP contribution is 2.27. The van der Waals surface area contributed by atoms with Crippen molar-refractivity contribution in [3.8, 4) is 11.5 Å². The van der Waals surface area contributed by atoms with Gasteiger partial charge in [-0.2, -0.15) is 0 Å². The molecule has 0 spiro atoms. The number of methoxy groups -OCH3 is 2. The Morgan fingerprint density at radius 3 is 2.44 bits per heavy atom. The summed E-state index contributed by atoms with van der Waals surface area (Å²) in [6.45, 7) is 0.233. The summed E-state index contributed by atoms with van der Waals surface area (Å²) < 4.78 is 15.7. The topological polar surface area (TPSA) is 93.0 Å². The van der Waals surface area contributed by atoms with Crippen molar-refractivity contribution in [2.24, 2.45) is 0 Å². The zero-order valence-corrected chi connectivity index (χ0v) is 15.9. The van der Waals surface area contributed by atoms with Crippen LogP contribution >= 0.6 is 0 Å². The number of nitrogens with zero attached hydrogens (tertiary/aromatic N) is 1. The number of rotatable bonds is 9. The van der Waals surface area contributed by atoms with Gasteiger partial charge >= 0.3 is 0 Å². The normalized spacial score (nSPS) is 11.7. The smallest absolute Gasteiger partial charge is 0.251 e. The summed E-state index contributed by atoms with van der Waals surface area (Å²) in [5, 5.41) is 5.39. The molecule has 1 heterocycles. The molecular formula is C19H25N3O5. The Kier molecular flexibility index (Phi) is 7.25. The fourth-order valence-corrected chi connectivity index (χ4v) is 2.53. The van der Waals surface area contributed by atoms with Gasteiger partial charge in [0.25, 0.3) is 5.91 Å². The quantitative estimate of drug-likeness (QED) is 0.689. The van der Waals surface area contributed by atoms with Crippen LogP contribution in [0.4, 0.5) is 0 Å². The van der Waals surface area contributed by atoms with Gasteiger partial charge in [-0.25, -0.2) is 0 Å². The first-order valence-corrected chi connectivity index (χ1v) is 8.43. The number of likely N-dealkylation sites (N-methyl/N-ethyl adjacent to an activating group) is 1. The van der Waals surface area contributed by atoms with Crippen molar-refractivity contribution in [1.29, 1.82) is 0 Å². The first-order valence-electron chi connectivity index (χ1n) is 8.43. The number of carbonyl (C=O) groups is 2. The molecule has 0 bridgehead atoms. The van der Waals surface area contributed by atoms with Gasteiger partial charge < -0.3 is 24.5 Å². The van der Waals surface area contributed by atoms with Gasteiger partial charge in [-0.3, -0.25) is 14.5 Å². The molecule has 0 aliphatic heterocycles. The van der Waals surface area contributed by atoms with E-state index in [1.165, 1.54) is 14.2 Å². The number of furan rings is 1. The minimum absolute atomic E-state index is 0.0921. The number of carbonyl (C=O) groups excluding carboxylic acids is 2. The van der Waals surface area contributed by atoms with Crippen LogP contribution in [0.1, 0.15) is 22.2 Å². The van der Waals surface area contributed by atoms with Crippen molar-refractivity contribution in [2.45, 2.75) is 6.04 Å². The summed E-state index contributed by atoms with van der Waals surface area (Å²) in [6.07, 6.45) is 1.59. The van der Waals surface area contributed by atoms with E-state index >= 15 is 0 Å². The average Bonchev–Trinajstić information content (AvgIpc) is 3.19. The van der Waals surface area contributed by atoms with E-state index in [0.717, 1.165) is 5.76 Å². The fourth-order valence-electron chi connectivity index (χ4n) is 2.53. The van der Waals surface area contributed by atoms with E-state index in [0.29, 0.717) is 23.6 Å². The van der Waals surface area contributed by atoms with Crippen LogP contribution in [-0.4, -0.2) is 58.1 Å². The second kappa shape index (κ2) is 9.63. The van der Waals surface area contributed by atoms with E-state index < -0.39 is 0 Å². The molecule has 2 amide bonds. The Hall–Kier alpha value is -3.00. The molecule has 27 heavy (non-hydrogen) atoms. The van der Waals surface area contributed by atoms with Crippen LogP contribution < -0.4 is 20.1 Å². The molecule has 0 unspecified atom stereocenters. The first kappa shape index (κ1) is 20.3. The SMILES string of the molecule is COc1ccc(C(=O)NCC(=O)NC[C@H](c2ccco2)N(C)C)cc1OC. The van der Waals surface area contributed by atoms with Crippen LogP contribution in [0.15, 0.2) is 41.0 Å². The molecule has 1 aromatic carbocycles. The standard InChI is InChI=1S/C19H25N3O5/c1-22(2)14(15-6-5-9-27-15)11-20-18(23)12-21-19(24)13-7-8-16(25-3)17(10-13)26-4/h5-10,14H,11-12H2,1-4H3,(H,20,23)(H,21,24)/t14-/m1/s1. The summed E-state index contributed by atoms with van der Waals surface area (Å²) >= 11 is 0. The largest absolute Gasteiger partial charge is 0.493 e. The van der Waals surface area contributed by atoms with E-state index in [-0.39, 0.29) is 24.4 Å². The lowest BCUT2D eigenvalue weighted by atomic mass is 10.2. The Morgan fingerprint density at radius 1 is 1.11 bits per heavy atom. The third-order valence-corrected chi connectivity index (χ3v) is 4.04. The van der Waals surface area contributed by atoms with Crippen molar-refractivity contribution in [1.82, 2.24) is 15.5 Å². The summed E-state index contributed by atoms with van der Waals surface area (Å²) in [5.74, 6) is 1.07. The summed E-state index contributed by atoms with van der Waals surface area (Å²) in [5.41, 5.74) is 0.377. The highest BCUT2D eigenvalue weighted by molar-refractivity contribution is 5.97. The van der Waals surface area contributed by atoms with Gasteiger partial charge in [0, 0.05) is 12.1 Å². The Labute approximate surface area is 158 Å². The van der Waals surface area contributed by atoms with Crippen LogP contribution in [0, 0.1) is 0 Å². The van der Waals surface area contributed by atoms with Gasteiger partial charge in [-0.15, -0.1) is 0 Å². The lowest BCUT2D eigenvalue weighted by molar-refractivity contribution is -0.120. The molecule has 1 aromatic heterocycles. The van der Waals surface area contributed by atoms with E-state index in [2.05, 4.69) is 10.6 Å². The summed E-state index contributed by atoms with van der Waals surface area (Å²) in [4.78, 5) is 26.3. The molecular weight excluding hydrogens is 350 g/mol. The maximum atomic E-state index is 12.2. The predicted molar refractivity (Wildman–Crippen MR) is 100 cm³/mol. The van der Waals surface area contributed by atoms with E-state index in [1.54, 1.807) is 30.5 Å². The maximum absolute atomic E-state index is 12.2. The van der Waals surface area contributed by atoms with E-state index in [4.69, 9.17) is 13.9 Å². The molecule has 0 aliphatic carbocycles. The molecule has 2 rings (SSSR count). The molecule has 0 fully saturated rings. The van der Waals surface area contributed by atoms with Crippen LogP contribution in [-0.2, 0) is 4.79 Å². The molecule has 0 aliphatic rings. The van der Waals surface area contributed by atoms with Crippen LogP contribution in [0.5, 0.6) is 11.5 Å². The number of benzene rings is 1. The van der Waals surface area contributed by atoms with Crippen LogP contribution in [0.2, 0.25) is 0 Å². The lowest BCUT2D eigenvalue weighted by Crippen LogP contribution is -2.40. The van der Waals surface area contributed by atoms with E-state index in [9.17, 15) is 9.59 Å². The minimum Gasteiger partial charge on any atom is -0.493 e. The monoisotopic (exact) mass is 375 g/mol. The summed E-state index contributed by atoms with van der Waals surface area (Å²) in [7, 11) is 6.81. The minimum atomic E-state index is -0.374. The Morgan fingerprint density at radius 2 is 1.85 bits per heavy atom. The third-order valence-electron chi connectivity index (χ3n) is 4.04. The van der Waals surface area contributed by atoms with Crippen molar-refractivity contribution < 1.29 is 23.5 Å². The third kappa shape index (κ3) is 5.49. The molecule has 2 aromatic rings. The van der Waals surface area contributed by atoms with Crippen molar-refractivity contribution >= 4 is 11.8 Å². The average molecular weight is 375 g/mol. The molecule has 1 atom stereocenters. The molecule has 2 N–H and O–H groups in total. The van der Waals surface area contributed by atoms with Gasteiger partial charge in [0.05, 0.1) is 33.1 Å². The summed E-state index contributed by atoms with van der Waals surface area (Å²) in [6, 6.07) is 8.37. The van der Waals surface area contributed by atoms with Crippen LogP contribution in [0.25, 0.3) is 0 Å². The van der Waals surface area contributed by atoms with Gasteiger partial charge in [-0.05, 0) is 44.4 Å². The Balaban J connectivity index is 1.87.